The topological polar surface area (TPSA) is 84.1 Å². The number of nitrogens with zero attached hydrogens (tertiary/aromatic N) is 1. The van der Waals surface area contributed by atoms with E-state index in [2.05, 4.69) is 15.3 Å². The van der Waals surface area contributed by atoms with Gasteiger partial charge in [-0.25, -0.2) is 0 Å². The maximum atomic E-state index is 12.5. The first-order valence-electron chi connectivity index (χ1n) is 7.56. The number of carbonyl (C=O) groups is 1. The molecule has 0 aliphatic carbocycles. The summed E-state index contributed by atoms with van der Waals surface area (Å²) in [6, 6.07) is 8.93. The maximum absolute atomic E-state index is 12.5. The van der Waals surface area contributed by atoms with Crippen LogP contribution in [0.2, 0.25) is 0 Å². The van der Waals surface area contributed by atoms with Gasteiger partial charge in [-0.15, -0.1) is 0 Å². The molecule has 3 rings (SSSR count). The fourth-order valence-corrected chi connectivity index (χ4v) is 2.53. The zero-order chi connectivity index (χ0) is 16.9. The molecule has 6 heteroatoms. The van der Waals surface area contributed by atoms with Gasteiger partial charge in [0.25, 0.3) is 5.91 Å². The average Bonchev–Trinajstić information content (AvgIpc) is 2.62. The second-order valence-electron chi connectivity index (χ2n) is 5.28. The Morgan fingerprint density at radius 2 is 2.04 bits per heavy atom. The Labute approximate surface area is 138 Å². The maximum Gasteiger partial charge on any atom is 0.256 e. The predicted octanol–water partition coefficient (Wildman–Crippen LogP) is 1.90. The second-order valence-corrected chi connectivity index (χ2v) is 5.28. The Morgan fingerprint density at radius 1 is 1.25 bits per heavy atom. The van der Waals surface area contributed by atoms with Gasteiger partial charge in [-0.05, 0) is 36.2 Å². The highest BCUT2D eigenvalue weighted by Gasteiger charge is 2.14. The average molecular weight is 323 g/mol. The van der Waals surface area contributed by atoms with Crippen LogP contribution in [0.4, 0.5) is 0 Å². The summed E-state index contributed by atoms with van der Waals surface area (Å²) >= 11 is 0. The van der Waals surface area contributed by atoms with E-state index >= 15 is 0 Å². The molecule has 0 aliphatic rings. The van der Waals surface area contributed by atoms with Crippen molar-refractivity contribution >= 4 is 16.8 Å². The summed E-state index contributed by atoms with van der Waals surface area (Å²) in [7, 11) is 1.53. The third-order valence-electron chi connectivity index (χ3n) is 3.79. The highest BCUT2D eigenvalue weighted by atomic mass is 16.5. The summed E-state index contributed by atoms with van der Waals surface area (Å²) in [6.45, 7) is 0.443. The Balaban J connectivity index is 1.78. The lowest BCUT2D eigenvalue weighted by Crippen LogP contribution is -2.30. The molecule has 2 aromatic heterocycles. The van der Waals surface area contributed by atoms with Gasteiger partial charge in [-0.3, -0.25) is 14.6 Å². The number of carbonyl (C=O) groups excluding carboxylic acids is 1. The summed E-state index contributed by atoms with van der Waals surface area (Å²) in [5.74, 6) is 0.171. The second kappa shape index (κ2) is 6.95. The van der Waals surface area contributed by atoms with Crippen molar-refractivity contribution in [1.82, 2.24) is 15.3 Å². The van der Waals surface area contributed by atoms with Crippen molar-refractivity contribution in [3.05, 3.63) is 70.3 Å². The van der Waals surface area contributed by atoms with Crippen molar-refractivity contribution < 1.29 is 9.53 Å². The highest BCUT2D eigenvalue weighted by Crippen LogP contribution is 2.20. The van der Waals surface area contributed by atoms with Crippen molar-refractivity contribution in [3.63, 3.8) is 0 Å². The third kappa shape index (κ3) is 3.12. The van der Waals surface area contributed by atoms with E-state index in [9.17, 15) is 9.59 Å². The number of methoxy groups -OCH3 is 1. The summed E-state index contributed by atoms with van der Waals surface area (Å²) in [5, 5.41) is 3.20. The molecule has 0 unspecified atom stereocenters. The van der Waals surface area contributed by atoms with Crippen LogP contribution < -0.4 is 15.5 Å². The molecule has 0 radical (unpaired) electrons. The summed E-state index contributed by atoms with van der Waals surface area (Å²) < 4.78 is 5.22. The van der Waals surface area contributed by atoms with E-state index in [1.807, 2.05) is 12.1 Å². The van der Waals surface area contributed by atoms with Gasteiger partial charge in [0.2, 0.25) is 5.43 Å². The van der Waals surface area contributed by atoms with Crippen LogP contribution >= 0.6 is 0 Å². The van der Waals surface area contributed by atoms with Gasteiger partial charge in [-0.2, -0.15) is 0 Å². The smallest absolute Gasteiger partial charge is 0.256 e. The molecule has 6 nitrogen and oxygen atoms in total. The number of amides is 1. The molecule has 2 heterocycles. The van der Waals surface area contributed by atoms with E-state index < -0.39 is 5.91 Å². The summed E-state index contributed by atoms with van der Waals surface area (Å²) in [6.07, 6.45) is 5.51. The molecule has 1 amide bonds. The van der Waals surface area contributed by atoms with E-state index in [1.165, 1.54) is 13.3 Å². The van der Waals surface area contributed by atoms with Crippen molar-refractivity contribution in [2.45, 2.75) is 6.42 Å². The first kappa shape index (κ1) is 15.7. The van der Waals surface area contributed by atoms with Crippen LogP contribution in [0.5, 0.6) is 5.75 Å². The number of rotatable bonds is 5. The number of pyridine rings is 2. The van der Waals surface area contributed by atoms with Crippen LogP contribution in [0.1, 0.15) is 15.9 Å². The van der Waals surface area contributed by atoms with E-state index in [0.717, 1.165) is 5.56 Å². The number of aromatic amines is 1. The summed E-state index contributed by atoms with van der Waals surface area (Å²) in [5.41, 5.74) is 1.43. The Kier molecular flexibility index (Phi) is 4.56. The monoisotopic (exact) mass is 323 g/mol. The van der Waals surface area contributed by atoms with Gasteiger partial charge in [0.15, 0.2) is 0 Å². The first-order valence-corrected chi connectivity index (χ1v) is 7.56. The van der Waals surface area contributed by atoms with Crippen molar-refractivity contribution in [2.75, 3.05) is 13.7 Å². The van der Waals surface area contributed by atoms with E-state index in [1.54, 1.807) is 30.6 Å². The van der Waals surface area contributed by atoms with Crippen LogP contribution in [0.25, 0.3) is 10.9 Å². The van der Waals surface area contributed by atoms with Gasteiger partial charge in [-0.1, -0.05) is 6.07 Å². The Bertz CT molecular complexity index is 920. The number of benzene rings is 1. The molecule has 0 saturated carbocycles. The number of H-pyrrole nitrogens is 1. The molecule has 3 aromatic rings. The number of nitrogens with one attached hydrogen (secondary N) is 2. The minimum Gasteiger partial charge on any atom is -0.495 e. The number of hydrogen-bond donors (Lipinski definition) is 2. The molecule has 2 N–H and O–H groups in total. The standard InChI is InChI=1S/C18H17N3O3/c1-24-15-4-2-3-13-16(15)21-11-14(17(13)22)18(23)20-10-7-12-5-8-19-9-6-12/h2-6,8-9,11H,7,10H2,1H3,(H,20,23)(H,21,22). The molecule has 0 fully saturated rings. The number of fused-ring (bicyclic) bond motifs is 1. The van der Waals surface area contributed by atoms with Crippen LogP contribution in [-0.2, 0) is 6.42 Å². The van der Waals surface area contributed by atoms with Crippen molar-refractivity contribution in [1.29, 1.82) is 0 Å². The van der Waals surface area contributed by atoms with Crippen LogP contribution in [-0.4, -0.2) is 29.5 Å². The Hall–Kier alpha value is -3.15. The molecule has 0 spiro atoms. The van der Waals surface area contributed by atoms with Gasteiger partial charge < -0.3 is 15.0 Å². The van der Waals surface area contributed by atoms with Gasteiger partial charge in [0.1, 0.15) is 11.3 Å². The number of ether oxygens (including phenoxy) is 1. The van der Waals surface area contributed by atoms with Crippen LogP contribution in [0.3, 0.4) is 0 Å². The minimum absolute atomic E-state index is 0.0884. The van der Waals surface area contributed by atoms with Crippen molar-refractivity contribution in [3.8, 4) is 5.75 Å². The fraction of sp³-hybridized carbons (Fsp3) is 0.167. The molecule has 1 aromatic carbocycles. The summed E-state index contributed by atoms with van der Waals surface area (Å²) in [4.78, 5) is 31.7. The van der Waals surface area contributed by atoms with Crippen molar-refractivity contribution in [2.24, 2.45) is 0 Å². The number of para-hydroxylation sites is 1. The number of hydrogen-bond acceptors (Lipinski definition) is 4. The molecule has 0 aliphatic heterocycles. The van der Waals surface area contributed by atoms with Crippen LogP contribution in [0.15, 0.2) is 53.7 Å². The molecule has 0 atom stereocenters. The molecule has 24 heavy (non-hydrogen) atoms. The largest absolute Gasteiger partial charge is 0.495 e. The van der Waals surface area contributed by atoms with Gasteiger partial charge in [0, 0.05) is 25.1 Å². The first-order chi connectivity index (χ1) is 11.7. The molecule has 122 valence electrons. The number of aromatic nitrogens is 2. The van der Waals surface area contributed by atoms with Gasteiger partial charge in [0.05, 0.1) is 18.0 Å². The lowest BCUT2D eigenvalue weighted by Gasteiger charge is -2.08. The quantitative estimate of drug-likeness (QED) is 0.751. The zero-order valence-electron chi connectivity index (χ0n) is 13.2. The highest BCUT2D eigenvalue weighted by molar-refractivity contribution is 5.97. The lowest BCUT2D eigenvalue weighted by molar-refractivity contribution is 0.0953. The van der Waals surface area contributed by atoms with E-state index in [-0.39, 0.29) is 11.0 Å². The molecule has 0 saturated heterocycles. The normalized spacial score (nSPS) is 10.5. The molecular formula is C18H17N3O3. The fourth-order valence-electron chi connectivity index (χ4n) is 2.53. The van der Waals surface area contributed by atoms with E-state index in [0.29, 0.717) is 29.6 Å². The molecule has 0 bridgehead atoms. The predicted molar refractivity (Wildman–Crippen MR) is 91.4 cm³/mol. The minimum atomic E-state index is -0.393. The lowest BCUT2D eigenvalue weighted by atomic mass is 10.1. The van der Waals surface area contributed by atoms with E-state index in [4.69, 9.17) is 4.74 Å². The SMILES string of the molecule is COc1cccc2c(=O)c(C(=O)NCCc3ccncc3)c[nH]c12. The third-order valence-corrected chi connectivity index (χ3v) is 3.79. The van der Waals surface area contributed by atoms with Gasteiger partial charge >= 0.3 is 0 Å². The Morgan fingerprint density at radius 3 is 2.79 bits per heavy atom. The molecular weight excluding hydrogens is 306 g/mol. The van der Waals surface area contributed by atoms with Crippen LogP contribution in [0, 0.1) is 0 Å². The zero-order valence-corrected chi connectivity index (χ0v) is 13.2.